The Morgan fingerprint density at radius 1 is 1.29 bits per heavy atom. The fourth-order valence-electron chi connectivity index (χ4n) is 1.73. The molecule has 7 nitrogen and oxygen atoms in total. The van der Waals surface area contributed by atoms with Crippen molar-refractivity contribution in [2.75, 3.05) is 25.7 Å². The molecule has 0 saturated carbocycles. The summed E-state index contributed by atoms with van der Waals surface area (Å²) < 4.78 is 31.8. The van der Waals surface area contributed by atoms with Crippen LogP contribution in [0.1, 0.15) is 6.42 Å². The molecule has 0 aromatic heterocycles. The van der Waals surface area contributed by atoms with Crippen LogP contribution in [0.15, 0.2) is 33.6 Å². The first-order valence-corrected chi connectivity index (χ1v) is 10.6. The third-order valence-electron chi connectivity index (χ3n) is 2.98. The number of amides is 1. The Labute approximate surface area is 154 Å². The van der Waals surface area contributed by atoms with Crippen molar-refractivity contribution in [2.45, 2.75) is 17.4 Å². The van der Waals surface area contributed by atoms with Crippen LogP contribution in [0.25, 0.3) is 0 Å². The van der Waals surface area contributed by atoms with E-state index >= 15 is 0 Å². The summed E-state index contributed by atoms with van der Waals surface area (Å²) in [4.78, 5) is 23.6. The number of hydrogen-bond acceptors (Lipinski definition) is 6. The second kappa shape index (κ2) is 10.0. The van der Waals surface area contributed by atoms with Crippen molar-refractivity contribution >= 4 is 49.6 Å². The lowest BCUT2D eigenvalue weighted by Crippen LogP contribution is -2.46. The smallest absolute Gasteiger partial charge is 0.328 e. The van der Waals surface area contributed by atoms with Crippen molar-refractivity contribution in [3.8, 4) is 0 Å². The number of esters is 1. The highest BCUT2D eigenvalue weighted by molar-refractivity contribution is 9.10. The molecular weight excluding hydrogens is 420 g/mol. The Kier molecular flexibility index (Phi) is 8.74. The molecule has 0 spiro atoms. The van der Waals surface area contributed by atoms with Gasteiger partial charge in [0.25, 0.3) is 0 Å². The molecule has 0 bridgehead atoms. The van der Waals surface area contributed by atoms with E-state index in [1.807, 2.05) is 6.26 Å². The number of ether oxygens (including phenoxy) is 1. The topological polar surface area (TPSA) is 102 Å². The van der Waals surface area contributed by atoms with Crippen LogP contribution < -0.4 is 10.0 Å². The Morgan fingerprint density at radius 3 is 2.46 bits per heavy atom. The Balaban J connectivity index is 2.63. The second-order valence-electron chi connectivity index (χ2n) is 4.70. The molecule has 0 heterocycles. The zero-order valence-electron chi connectivity index (χ0n) is 13.2. The average Bonchev–Trinajstić information content (AvgIpc) is 2.56. The minimum absolute atomic E-state index is 0.0467. The summed E-state index contributed by atoms with van der Waals surface area (Å²) in [6.07, 6.45) is 2.28. The number of thioether (sulfide) groups is 1. The number of rotatable bonds is 9. The third-order valence-corrected chi connectivity index (χ3v) is 5.57. The van der Waals surface area contributed by atoms with Crippen LogP contribution in [-0.2, 0) is 24.3 Å². The van der Waals surface area contributed by atoms with E-state index in [9.17, 15) is 18.0 Å². The molecule has 0 aliphatic carbocycles. The summed E-state index contributed by atoms with van der Waals surface area (Å²) in [5, 5.41) is 2.47. The molecular formula is C14H19BrN2O5S2. The first-order chi connectivity index (χ1) is 11.3. The minimum Gasteiger partial charge on any atom is -0.467 e. The number of nitrogens with one attached hydrogen (secondary N) is 2. The van der Waals surface area contributed by atoms with Crippen molar-refractivity contribution in [3.63, 3.8) is 0 Å². The molecule has 2 N–H and O–H groups in total. The van der Waals surface area contributed by atoms with Crippen LogP contribution in [0, 0.1) is 0 Å². The standard InChI is InChI=1S/C14H19BrN2O5S2/c1-22-14(19)12(7-8-23-2)17-13(18)9-16-24(20,21)11-5-3-10(15)4-6-11/h3-6,12,16H,7-9H2,1-2H3,(H,17,18)/t12-/m1/s1. The van der Waals surface area contributed by atoms with Gasteiger partial charge in [-0.3, -0.25) is 4.79 Å². The van der Waals surface area contributed by atoms with Gasteiger partial charge in [0.15, 0.2) is 0 Å². The average molecular weight is 439 g/mol. The normalized spacial score (nSPS) is 12.5. The van der Waals surface area contributed by atoms with Crippen LogP contribution in [0.4, 0.5) is 0 Å². The molecule has 10 heteroatoms. The van der Waals surface area contributed by atoms with Gasteiger partial charge in [0, 0.05) is 4.47 Å². The Morgan fingerprint density at radius 2 is 1.92 bits per heavy atom. The van der Waals surface area contributed by atoms with Crippen molar-refractivity contribution in [1.29, 1.82) is 0 Å². The molecule has 0 unspecified atom stereocenters. The maximum Gasteiger partial charge on any atom is 0.328 e. The summed E-state index contributed by atoms with van der Waals surface area (Å²) in [7, 11) is -2.57. The number of sulfonamides is 1. The summed E-state index contributed by atoms with van der Waals surface area (Å²) in [5.74, 6) is -0.509. The van der Waals surface area contributed by atoms with Crippen molar-refractivity contribution in [1.82, 2.24) is 10.0 Å². The first kappa shape index (κ1) is 20.9. The van der Waals surface area contributed by atoms with E-state index in [0.717, 1.165) is 4.47 Å². The molecule has 24 heavy (non-hydrogen) atoms. The molecule has 1 rings (SSSR count). The van der Waals surface area contributed by atoms with Gasteiger partial charge < -0.3 is 10.1 Å². The molecule has 1 amide bonds. The summed E-state index contributed by atoms with van der Waals surface area (Å²) in [6.45, 7) is -0.467. The lowest BCUT2D eigenvalue weighted by Gasteiger charge is -2.16. The Bertz CT molecular complexity index is 664. The van der Waals surface area contributed by atoms with E-state index in [1.54, 1.807) is 12.1 Å². The zero-order valence-corrected chi connectivity index (χ0v) is 16.5. The maximum absolute atomic E-state index is 12.1. The SMILES string of the molecule is COC(=O)[C@@H](CCSC)NC(=O)CNS(=O)(=O)c1ccc(Br)cc1. The Hall–Kier alpha value is -1.10. The predicted molar refractivity (Wildman–Crippen MR) is 96.3 cm³/mol. The van der Waals surface area contributed by atoms with Crippen molar-refractivity contribution < 1.29 is 22.7 Å². The highest BCUT2D eigenvalue weighted by Crippen LogP contribution is 2.14. The molecule has 0 aliphatic heterocycles. The van der Waals surface area contributed by atoms with E-state index in [1.165, 1.54) is 31.0 Å². The first-order valence-electron chi connectivity index (χ1n) is 6.91. The molecule has 0 radical (unpaired) electrons. The van der Waals surface area contributed by atoms with E-state index in [4.69, 9.17) is 0 Å². The van der Waals surface area contributed by atoms with Gasteiger partial charge in [0.1, 0.15) is 6.04 Å². The quantitative estimate of drug-likeness (QED) is 0.560. The predicted octanol–water partition coefficient (Wildman–Crippen LogP) is 1.14. The zero-order chi connectivity index (χ0) is 18.2. The molecule has 134 valence electrons. The van der Waals surface area contributed by atoms with Crippen LogP contribution in [0.5, 0.6) is 0 Å². The fraction of sp³-hybridized carbons (Fsp3) is 0.429. The summed E-state index contributed by atoms with van der Waals surface area (Å²) in [6, 6.07) is 5.21. The summed E-state index contributed by atoms with van der Waals surface area (Å²) in [5.41, 5.74) is 0. The lowest BCUT2D eigenvalue weighted by atomic mass is 10.2. The lowest BCUT2D eigenvalue weighted by molar-refractivity contribution is -0.145. The van der Waals surface area contributed by atoms with Gasteiger partial charge >= 0.3 is 5.97 Å². The highest BCUT2D eigenvalue weighted by Gasteiger charge is 2.22. The third kappa shape index (κ3) is 6.80. The van der Waals surface area contributed by atoms with Crippen LogP contribution in [-0.4, -0.2) is 52.0 Å². The maximum atomic E-state index is 12.1. The molecule has 1 aromatic carbocycles. The van der Waals surface area contributed by atoms with Gasteiger partial charge in [-0.2, -0.15) is 11.8 Å². The van der Waals surface area contributed by atoms with Gasteiger partial charge in [-0.15, -0.1) is 0 Å². The van der Waals surface area contributed by atoms with E-state index in [-0.39, 0.29) is 4.90 Å². The minimum atomic E-state index is -3.80. The molecule has 0 saturated heterocycles. The number of carbonyl (C=O) groups excluding carboxylic acids is 2. The number of methoxy groups -OCH3 is 1. The number of halogens is 1. The van der Waals surface area contributed by atoms with Crippen molar-refractivity contribution in [2.24, 2.45) is 0 Å². The van der Waals surface area contributed by atoms with Crippen LogP contribution >= 0.6 is 27.7 Å². The number of hydrogen-bond donors (Lipinski definition) is 2. The van der Waals surface area contributed by atoms with Crippen molar-refractivity contribution in [3.05, 3.63) is 28.7 Å². The molecule has 0 fully saturated rings. The summed E-state index contributed by atoms with van der Waals surface area (Å²) >= 11 is 4.74. The van der Waals surface area contributed by atoms with Gasteiger partial charge in [-0.1, -0.05) is 15.9 Å². The highest BCUT2D eigenvalue weighted by atomic mass is 79.9. The van der Waals surface area contributed by atoms with E-state index in [0.29, 0.717) is 12.2 Å². The largest absolute Gasteiger partial charge is 0.467 e. The molecule has 0 aliphatic rings. The fourth-order valence-corrected chi connectivity index (χ4v) is 3.45. The van der Waals surface area contributed by atoms with Gasteiger partial charge in [-0.25, -0.2) is 17.9 Å². The van der Waals surface area contributed by atoms with E-state index < -0.39 is 34.5 Å². The number of benzene rings is 1. The van der Waals surface area contributed by atoms with E-state index in [2.05, 4.69) is 30.7 Å². The molecule has 1 atom stereocenters. The monoisotopic (exact) mass is 438 g/mol. The second-order valence-corrected chi connectivity index (χ2v) is 8.37. The van der Waals surface area contributed by atoms with Gasteiger partial charge in [0.2, 0.25) is 15.9 Å². The van der Waals surface area contributed by atoms with Gasteiger partial charge in [-0.05, 0) is 42.7 Å². The van der Waals surface area contributed by atoms with Gasteiger partial charge in [0.05, 0.1) is 18.6 Å². The molecule has 1 aromatic rings. The van der Waals surface area contributed by atoms with Crippen LogP contribution in [0.2, 0.25) is 0 Å². The number of carbonyl (C=O) groups is 2. The van der Waals surface area contributed by atoms with Crippen LogP contribution in [0.3, 0.4) is 0 Å².